The molecule has 0 radical (unpaired) electrons. The summed E-state index contributed by atoms with van der Waals surface area (Å²) < 4.78 is 26.7. The number of rotatable bonds is 3. The van der Waals surface area contributed by atoms with Gasteiger partial charge < -0.3 is 5.73 Å². The number of nitrogens with zero attached hydrogens (tertiary/aromatic N) is 1. The Balaban J connectivity index is 2.31. The van der Waals surface area contributed by atoms with Crippen LogP contribution in [0.3, 0.4) is 0 Å². The van der Waals surface area contributed by atoms with Crippen molar-refractivity contribution >= 4 is 10.0 Å². The maximum absolute atomic E-state index is 12.6. The fraction of sp³-hybridized carbons (Fsp3) is 0.571. The molecule has 2 N–H and O–H groups in total. The Kier molecular flexibility index (Phi) is 3.73. The van der Waals surface area contributed by atoms with E-state index in [0.717, 1.165) is 17.5 Å². The van der Waals surface area contributed by atoms with Gasteiger partial charge in [-0.05, 0) is 55.5 Å². The van der Waals surface area contributed by atoms with E-state index >= 15 is 0 Å². The van der Waals surface area contributed by atoms with Gasteiger partial charge in [-0.15, -0.1) is 0 Å². The predicted octanol–water partition coefficient (Wildman–Crippen LogP) is 1.66. The van der Waals surface area contributed by atoms with Crippen LogP contribution in [-0.4, -0.2) is 32.4 Å². The minimum atomic E-state index is -3.38. The van der Waals surface area contributed by atoms with Gasteiger partial charge in [-0.3, -0.25) is 0 Å². The van der Waals surface area contributed by atoms with Crippen LogP contribution in [0.1, 0.15) is 24.5 Å². The summed E-state index contributed by atoms with van der Waals surface area (Å²) >= 11 is 0. The zero-order valence-corrected chi connectivity index (χ0v) is 12.6. The van der Waals surface area contributed by atoms with Crippen molar-refractivity contribution in [3.8, 4) is 0 Å². The fourth-order valence-electron chi connectivity index (χ4n) is 2.37. The summed E-state index contributed by atoms with van der Waals surface area (Å²) in [6.45, 7) is 7.55. The molecular formula is C14H22N2O2S. The molecule has 1 unspecified atom stereocenters. The highest BCUT2D eigenvalue weighted by Gasteiger charge is 2.38. The molecule has 1 heterocycles. The number of benzene rings is 1. The number of aryl methyl sites for hydroxylation is 2. The van der Waals surface area contributed by atoms with Crippen LogP contribution in [0, 0.1) is 19.3 Å². The van der Waals surface area contributed by atoms with Gasteiger partial charge in [0, 0.05) is 13.1 Å². The van der Waals surface area contributed by atoms with Crippen LogP contribution < -0.4 is 5.73 Å². The van der Waals surface area contributed by atoms with E-state index in [0.29, 0.717) is 24.5 Å². The third-order valence-electron chi connectivity index (χ3n) is 4.13. The summed E-state index contributed by atoms with van der Waals surface area (Å²) in [6, 6.07) is 5.30. The van der Waals surface area contributed by atoms with Crippen molar-refractivity contribution in [3.63, 3.8) is 0 Å². The molecule has 0 amide bonds. The minimum Gasteiger partial charge on any atom is -0.330 e. The Labute approximate surface area is 115 Å². The Hall–Kier alpha value is -0.910. The lowest BCUT2D eigenvalue weighted by Crippen LogP contribution is -2.34. The molecule has 1 saturated heterocycles. The molecule has 0 spiro atoms. The number of nitrogens with two attached hydrogens (primary N) is 1. The van der Waals surface area contributed by atoms with Crippen LogP contribution in [0.5, 0.6) is 0 Å². The van der Waals surface area contributed by atoms with Gasteiger partial charge in [0.25, 0.3) is 0 Å². The molecule has 19 heavy (non-hydrogen) atoms. The zero-order chi connectivity index (χ0) is 14.3. The molecule has 106 valence electrons. The third-order valence-corrected chi connectivity index (χ3v) is 5.97. The SMILES string of the molecule is Cc1ccc(S(=O)(=O)N2CCC(C)(CN)C2)cc1C. The smallest absolute Gasteiger partial charge is 0.243 e. The highest BCUT2D eigenvalue weighted by Crippen LogP contribution is 2.32. The van der Waals surface area contributed by atoms with Gasteiger partial charge in [0.2, 0.25) is 10.0 Å². The summed E-state index contributed by atoms with van der Waals surface area (Å²) in [5.74, 6) is 0. The summed E-state index contributed by atoms with van der Waals surface area (Å²) in [5.41, 5.74) is 7.75. The van der Waals surface area contributed by atoms with Crippen molar-refractivity contribution in [1.82, 2.24) is 4.31 Å². The van der Waals surface area contributed by atoms with Gasteiger partial charge >= 0.3 is 0 Å². The van der Waals surface area contributed by atoms with Crippen LogP contribution in [0.15, 0.2) is 23.1 Å². The topological polar surface area (TPSA) is 63.4 Å². The van der Waals surface area contributed by atoms with E-state index in [1.807, 2.05) is 26.8 Å². The number of hydrogen-bond acceptors (Lipinski definition) is 3. The standard InChI is InChI=1S/C14H22N2O2S/c1-11-4-5-13(8-12(11)2)19(17,18)16-7-6-14(3,9-15)10-16/h4-5,8H,6-7,9-10,15H2,1-3H3. The molecule has 1 aromatic carbocycles. The number of hydrogen-bond donors (Lipinski definition) is 1. The third kappa shape index (κ3) is 2.68. The van der Waals surface area contributed by atoms with Gasteiger partial charge in [0.15, 0.2) is 0 Å². The second-order valence-electron chi connectivity index (χ2n) is 5.85. The molecule has 0 saturated carbocycles. The van der Waals surface area contributed by atoms with Crippen molar-refractivity contribution in [3.05, 3.63) is 29.3 Å². The summed E-state index contributed by atoms with van der Waals surface area (Å²) in [5, 5.41) is 0. The Morgan fingerprint density at radius 1 is 1.32 bits per heavy atom. The highest BCUT2D eigenvalue weighted by molar-refractivity contribution is 7.89. The molecule has 1 aromatic rings. The van der Waals surface area contributed by atoms with Gasteiger partial charge in [0.05, 0.1) is 4.90 Å². The van der Waals surface area contributed by atoms with Crippen LogP contribution in [0.2, 0.25) is 0 Å². The van der Waals surface area contributed by atoms with Crippen LogP contribution >= 0.6 is 0 Å². The van der Waals surface area contributed by atoms with E-state index in [-0.39, 0.29) is 5.41 Å². The van der Waals surface area contributed by atoms with Gasteiger partial charge in [-0.1, -0.05) is 13.0 Å². The predicted molar refractivity (Wildman–Crippen MR) is 76.5 cm³/mol. The molecule has 1 atom stereocenters. The average molecular weight is 282 g/mol. The van der Waals surface area contributed by atoms with Crippen LogP contribution in [0.25, 0.3) is 0 Å². The van der Waals surface area contributed by atoms with E-state index < -0.39 is 10.0 Å². The van der Waals surface area contributed by atoms with Crippen molar-refractivity contribution in [2.75, 3.05) is 19.6 Å². The first kappa shape index (κ1) is 14.5. The molecular weight excluding hydrogens is 260 g/mol. The van der Waals surface area contributed by atoms with Crippen molar-refractivity contribution < 1.29 is 8.42 Å². The normalized spacial score (nSPS) is 24.8. The first-order valence-electron chi connectivity index (χ1n) is 6.56. The molecule has 2 rings (SSSR count). The lowest BCUT2D eigenvalue weighted by Gasteiger charge is -2.22. The fourth-order valence-corrected chi connectivity index (χ4v) is 4.05. The maximum Gasteiger partial charge on any atom is 0.243 e. The van der Waals surface area contributed by atoms with E-state index in [4.69, 9.17) is 5.73 Å². The molecule has 5 heteroatoms. The Morgan fingerprint density at radius 2 is 2.00 bits per heavy atom. The first-order chi connectivity index (χ1) is 8.78. The van der Waals surface area contributed by atoms with Crippen LogP contribution in [0.4, 0.5) is 0 Å². The Morgan fingerprint density at radius 3 is 2.53 bits per heavy atom. The van der Waals surface area contributed by atoms with E-state index in [1.165, 1.54) is 0 Å². The largest absolute Gasteiger partial charge is 0.330 e. The molecule has 1 fully saturated rings. The average Bonchev–Trinajstić information content (AvgIpc) is 2.77. The lowest BCUT2D eigenvalue weighted by molar-refractivity contribution is 0.349. The van der Waals surface area contributed by atoms with E-state index in [9.17, 15) is 8.42 Å². The van der Waals surface area contributed by atoms with Gasteiger partial charge in [0.1, 0.15) is 0 Å². The summed E-state index contributed by atoms with van der Waals surface area (Å²) in [7, 11) is -3.38. The second-order valence-corrected chi connectivity index (χ2v) is 7.79. The molecule has 1 aliphatic heterocycles. The van der Waals surface area contributed by atoms with Crippen molar-refractivity contribution in [2.24, 2.45) is 11.1 Å². The summed E-state index contributed by atoms with van der Waals surface area (Å²) in [6.07, 6.45) is 0.827. The molecule has 0 aliphatic carbocycles. The quantitative estimate of drug-likeness (QED) is 0.917. The van der Waals surface area contributed by atoms with Gasteiger partial charge in [-0.2, -0.15) is 4.31 Å². The zero-order valence-electron chi connectivity index (χ0n) is 11.8. The van der Waals surface area contributed by atoms with Gasteiger partial charge in [-0.25, -0.2) is 8.42 Å². The molecule has 0 aromatic heterocycles. The molecule has 4 nitrogen and oxygen atoms in total. The summed E-state index contributed by atoms with van der Waals surface area (Å²) in [4.78, 5) is 0.386. The number of sulfonamides is 1. The molecule has 0 bridgehead atoms. The maximum atomic E-state index is 12.6. The Bertz CT molecular complexity index is 583. The van der Waals surface area contributed by atoms with Crippen LogP contribution in [-0.2, 0) is 10.0 Å². The first-order valence-corrected chi connectivity index (χ1v) is 8.00. The molecule has 1 aliphatic rings. The second kappa shape index (κ2) is 4.89. The minimum absolute atomic E-state index is 0.0905. The van der Waals surface area contributed by atoms with Crippen molar-refractivity contribution in [2.45, 2.75) is 32.1 Å². The van der Waals surface area contributed by atoms with E-state index in [1.54, 1.807) is 16.4 Å². The monoisotopic (exact) mass is 282 g/mol. The lowest BCUT2D eigenvalue weighted by atomic mass is 9.90. The van der Waals surface area contributed by atoms with E-state index in [2.05, 4.69) is 0 Å². The highest BCUT2D eigenvalue weighted by atomic mass is 32.2. The van der Waals surface area contributed by atoms with Crippen molar-refractivity contribution in [1.29, 1.82) is 0 Å².